The maximum Gasteiger partial charge on any atom is 0.330 e. The van der Waals surface area contributed by atoms with Crippen LogP contribution in [0.2, 0.25) is 0 Å². The number of nitriles is 2. The number of benzene rings is 3. The van der Waals surface area contributed by atoms with Crippen molar-refractivity contribution in [3.05, 3.63) is 83.4 Å². The van der Waals surface area contributed by atoms with Crippen LogP contribution in [0.5, 0.6) is 5.75 Å². The van der Waals surface area contributed by atoms with Crippen molar-refractivity contribution in [3.8, 4) is 40.1 Å². The zero-order valence-electron chi connectivity index (χ0n) is 17.3. The van der Waals surface area contributed by atoms with Crippen LogP contribution in [-0.2, 0) is 9.53 Å². The average molecular weight is 408 g/mol. The molecule has 0 amide bonds. The van der Waals surface area contributed by atoms with Gasteiger partial charge in [-0.15, -0.1) is 0 Å². The lowest BCUT2D eigenvalue weighted by atomic mass is 9.92. The van der Waals surface area contributed by atoms with Gasteiger partial charge in [0.15, 0.2) is 0 Å². The second-order valence-corrected chi connectivity index (χ2v) is 6.60. The normalized spacial score (nSPS) is 10.3. The van der Waals surface area contributed by atoms with Crippen molar-refractivity contribution in [1.29, 1.82) is 10.5 Å². The van der Waals surface area contributed by atoms with E-state index in [-0.39, 0.29) is 0 Å². The fourth-order valence-electron chi connectivity index (χ4n) is 3.23. The number of hydrogen-bond donors (Lipinski definition) is 0. The van der Waals surface area contributed by atoms with Crippen molar-refractivity contribution in [2.45, 2.75) is 6.92 Å². The Morgan fingerprint density at radius 2 is 1.74 bits per heavy atom. The summed E-state index contributed by atoms with van der Waals surface area (Å²) in [4.78, 5) is 11.8. The van der Waals surface area contributed by atoms with Crippen LogP contribution in [-0.4, -0.2) is 19.7 Å². The van der Waals surface area contributed by atoms with Gasteiger partial charge in [-0.05, 0) is 71.1 Å². The molecule has 3 aromatic carbocycles. The first-order valence-electron chi connectivity index (χ1n) is 9.67. The van der Waals surface area contributed by atoms with E-state index >= 15 is 0 Å². The van der Waals surface area contributed by atoms with Gasteiger partial charge in [0, 0.05) is 6.08 Å². The lowest BCUT2D eigenvalue weighted by Gasteiger charge is -2.12. The second kappa shape index (κ2) is 9.91. The Labute approximate surface area is 181 Å². The van der Waals surface area contributed by atoms with E-state index in [0.717, 1.165) is 27.8 Å². The molecule has 0 N–H and O–H groups in total. The smallest absolute Gasteiger partial charge is 0.330 e. The molecule has 0 spiro atoms. The zero-order chi connectivity index (χ0) is 22.2. The minimum absolute atomic E-state index is 0.300. The Bertz CT molecular complexity index is 1230. The highest BCUT2D eigenvalue weighted by Crippen LogP contribution is 2.33. The molecule has 0 aliphatic carbocycles. The number of methoxy groups -OCH3 is 1. The van der Waals surface area contributed by atoms with Crippen molar-refractivity contribution >= 4 is 12.0 Å². The molecular weight excluding hydrogens is 388 g/mol. The molecule has 0 saturated heterocycles. The maximum atomic E-state index is 11.8. The van der Waals surface area contributed by atoms with E-state index in [2.05, 4.69) is 12.1 Å². The highest BCUT2D eigenvalue weighted by molar-refractivity contribution is 5.90. The Hall–Kier alpha value is -4.35. The standard InChI is InChI=1S/C26H20N2O3/c1-3-31-26(29)12-8-21-15-23(30-2)9-11-24(21)20-7-10-25(22(14-20)17-28)19-6-4-5-18(13-19)16-27/h4-15H,3H2,1-2H3/b12-8+. The van der Waals surface area contributed by atoms with Crippen LogP contribution in [0.15, 0.2) is 66.7 Å². The van der Waals surface area contributed by atoms with Crippen molar-refractivity contribution in [1.82, 2.24) is 0 Å². The molecule has 0 unspecified atom stereocenters. The molecule has 0 aliphatic rings. The lowest BCUT2D eigenvalue weighted by Crippen LogP contribution is -1.99. The molecule has 3 aromatic rings. The van der Waals surface area contributed by atoms with Gasteiger partial charge in [-0.3, -0.25) is 0 Å². The van der Waals surface area contributed by atoms with Crippen LogP contribution in [0.4, 0.5) is 0 Å². The maximum absolute atomic E-state index is 11.8. The summed E-state index contributed by atoms with van der Waals surface area (Å²) in [5, 5.41) is 18.9. The van der Waals surface area contributed by atoms with Gasteiger partial charge < -0.3 is 9.47 Å². The minimum atomic E-state index is -0.429. The van der Waals surface area contributed by atoms with Crippen molar-refractivity contribution in [2.75, 3.05) is 13.7 Å². The van der Waals surface area contributed by atoms with Gasteiger partial charge in [-0.1, -0.05) is 30.3 Å². The van der Waals surface area contributed by atoms with E-state index in [0.29, 0.717) is 23.5 Å². The predicted octanol–water partition coefficient (Wildman–Crippen LogP) is 5.35. The summed E-state index contributed by atoms with van der Waals surface area (Å²) < 4.78 is 10.3. The molecule has 0 saturated carbocycles. The van der Waals surface area contributed by atoms with Crippen molar-refractivity contribution < 1.29 is 14.3 Å². The van der Waals surface area contributed by atoms with Gasteiger partial charge in [0.1, 0.15) is 5.75 Å². The third kappa shape index (κ3) is 4.98. The van der Waals surface area contributed by atoms with Gasteiger partial charge >= 0.3 is 5.97 Å². The Morgan fingerprint density at radius 1 is 0.968 bits per heavy atom. The highest BCUT2D eigenvalue weighted by atomic mass is 16.5. The van der Waals surface area contributed by atoms with E-state index < -0.39 is 5.97 Å². The third-order valence-corrected chi connectivity index (χ3v) is 4.70. The molecule has 31 heavy (non-hydrogen) atoms. The summed E-state index contributed by atoms with van der Waals surface area (Å²) in [5.41, 5.74) is 5.00. The number of rotatable bonds is 6. The predicted molar refractivity (Wildman–Crippen MR) is 119 cm³/mol. The first-order valence-corrected chi connectivity index (χ1v) is 9.67. The molecule has 0 fully saturated rings. The first-order chi connectivity index (χ1) is 15.1. The fourth-order valence-corrected chi connectivity index (χ4v) is 3.23. The molecule has 0 heterocycles. The molecule has 5 heteroatoms. The van der Waals surface area contributed by atoms with Gasteiger partial charge in [-0.25, -0.2) is 4.79 Å². The Kier molecular flexibility index (Phi) is 6.83. The molecule has 0 aliphatic heterocycles. The summed E-state index contributed by atoms with van der Waals surface area (Å²) in [6, 6.07) is 22.6. The number of esters is 1. The van der Waals surface area contributed by atoms with Crippen molar-refractivity contribution in [3.63, 3.8) is 0 Å². The topological polar surface area (TPSA) is 83.1 Å². The third-order valence-electron chi connectivity index (χ3n) is 4.70. The molecule has 0 atom stereocenters. The van der Waals surface area contributed by atoms with Gasteiger partial charge in [0.05, 0.1) is 37.0 Å². The highest BCUT2D eigenvalue weighted by Gasteiger charge is 2.11. The number of carbonyl (C=O) groups is 1. The quantitative estimate of drug-likeness (QED) is 0.406. The molecule has 0 bridgehead atoms. The number of nitrogens with zero attached hydrogens (tertiary/aromatic N) is 2. The van der Waals surface area contributed by atoms with E-state index in [4.69, 9.17) is 14.7 Å². The largest absolute Gasteiger partial charge is 0.497 e. The van der Waals surface area contributed by atoms with Crippen LogP contribution in [0.25, 0.3) is 28.3 Å². The Balaban J connectivity index is 2.08. The monoisotopic (exact) mass is 408 g/mol. The molecule has 3 rings (SSSR count). The zero-order valence-corrected chi connectivity index (χ0v) is 17.3. The molecular formula is C26H20N2O3. The van der Waals surface area contributed by atoms with Crippen LogP contribution in [0.3, 0.4) is 0 Å². The van der Waals surface area contributed by atoms with Crippen LogP contribution >= 0.6 is 0 Å². The fraction of sp³-hybridized carbons (Fsp3) is 0.115. The van der Waals surface area contributed by atoms with E-state index in [1.807, 2.05) is 36.4 Å². The summed E-state index contributed by atoms with van der Waals surface area (Å²) in [6.45, 7) is 2.05. The van der Waals surface area contributed by atoms with Crippen LogP contribution in [0, 0.1) is 22.7 Å². The molecule has 0 aromatic heterocycles. The number of ether oxygens (including phenoxy) is 2. The van der Waals surface area contributed by atoms with Crippen molar-refractivity contribution in [2.24, 2.45) is 0 Å². The second-order valence-electron chi connectivity index (χ2n) is 6.60. The van der Waals surface area contributed by atoms with Gasteiger partial charge in [0.2, 0.25) is 0 Å². The summed E-state index contributed by atoms with van der Waals surface area (Å²) >= 11 is 0. The molecule has 152 valence electrons. The van der Waals surface area contributed by atoms with E-state index in [1.54, 1.807) is 44.4 Å². The number of carbonyl (C=O) groups excluding carboxylic acids is 1. The van der Waals surface area contributed by atoms with E-state index in [1.165, 1.54) is 6.08 Å². The summed E-state index contributed by atoms with van der Waals surface area (Å²) in [5.74, 6) is 0.222. The molecule has 5 nitrogen and oxygen atoms in total. The summed E-state index contributed by atoms with van der Waals surface area (Å²) in [7, 11) is 1.58. The molecule has 0 radical (unpaired) electrons. The lowest BCUT2D eigenvalue weighted by molar-refractivity contribution is -0.137. The van der Waals surface area contributed by atoms with Crippen LogP contribution < -0.4 is 4.74 Å². The number of hydrogen-bond acceptors (Lipinski definition) is 5. The van der Waals surface area contributed by atoms with Crippen LogP contribution in [0.1, 0.15) is 23.6 Å². The SMILES string of the molecule is CCOC(=O)/C=C/c1cc(OC)ccc1-c1ccc(-c2cccc(C#N)c2)c(C#N)c1. The minimum Gasteiger partial charge on any atom is -0.497 e. The average Bonchev–Trinajstić information content (AvgIpc) is 2.82. The van der Waals surface area contributed by atoms with Gasteiger partial charge in [0.25, 0.3) is 0 Å². The van der Waals surface area contributed by atoms with Gasteiger partial charge in [-0.2, -0.15) is 10.5 Å². The first kappa shape index (κ1) is 21.4. The summed E-state index contributed by atoms with van der Waals surface area (Å²) in [6.07, 6.45) is 3.04. The Morgan fingerprint density at radius 3 is 2.45 bits per heavy atom. The van der Waals surface area contributed by atoms with E-state index in [9.17, 15) is 10.1 Å².